The number of rotatable bonds is 4. The minimum atomic E-state index is -1.77. The normalized spacial score (nSPS) is 22.4. The van der Waals surface area contributed by atoms with E-state index >= 15 is 0 Å². The molecule has 0 spiro atoms. The Balaban J connectivity index is 1.85. The number of carbonyl (C=O) groups excluding carboxylic acids is 1. The molecule has 5 heteroatoms. The van der Waals surface area contributed by atoms with Crippen LogP contribution in [0.4, 0.5) is 0 Å². The Morgan fingerprint density at radius 1 is 1.13 bits per heavy atom. The number of fused-ring (bicyclic) bond motifs is 1. The molecule has 0 fully saturated rings. The molecule has 0 aliphatic heterocycles. The van der Waals surface area contributed by atoms with Crippen LogP contribution in [0.2, 0.25) is 0 Å². The molecule has 3 rings (SSSR count). The van der Waals surface area contributed by atoms with Crippen molar-refractivity contribution in [2.24, 2.45) is 11.1 Å². The lowest BCUT2D eigenvalue weighted by molar-refractivity contribution is -0.171. The second-order valence-electron chi connectivity index (χ2n) is 5.69. The maximum atomic E-state index is 12.6. The molecule has 3 N–H and O–H groups in total. The molecule has 0 amide bonds. The Labute approximate surface area is 133 Å². The van der Waals surface area contributed by atoms with E-state index in [9.17, 15) is 14.7 Å². The lowest BCUT2D eigenvalue weighted by Gasteiger charge is -2.26. The van der Waals surface area contributed by atoms with Crippen LogP contribution >= 0.6 is 0 Å². The average molecular weight is 311 g/mol. The van der Waals surface area contributed by atoms with Crippen LogP contribution in [0.25, 0.3) is 0 Å². The van der Waals surface area contributed by atoms with Gasteiger partial charge >= 0.3 is 11.9 Å². The van der Waals surface area contributed by atoms with Gasteiger partial charge in [-0.1, -0.05) is 54.6 Å². The fraction of sp³-hybridized carbons (Fsp3) is 0.222. The van der Waals surface area contributed by atoms with E-state index in [1.54, 1.807) is 24.3 Å². The zero-order chi connectivity index (χ0) is 16.4. The summed E-state index contributed by atoms with van der Waals surface area (Å²) < 4.78 is 5.28. The highest BCUT2D eigenvalue weighted by Gasteiger charge is 2.57. The highest BCUT2D eigenvalue weighted by atomic mass is 16.5. The van der Waals surface area contributed by atoms with Crippen molar-refractivity contribution in [1.29, 1.82) is 0 Å². The average Bonchev–Trinajstić information content (AvgIpc) is 2.88. The van der Waals surface area contributed by atoms with Crippen molar-refractivity contribution >= 4 is 11.9 Å². The predicted octanol–water partition coefficient (Wildman–Crippen LogP) is 2.06. The number of ether oxygens (including phenoxy) is 1. The van der Waals surface area contributed by atoms with Crippen LogP contribution in [-0.2, 0) is 27.4 Å². The standard InChI is InChI=1S/C18H17NO4/c19-15-14-9-5-4-8-13(14)10-18(15,16(20)21)17(22)23-11-12-6-2-1-3-7-12/h1-9,15H,10-11,19H2,(H,20,21)/t15-,18-/m0/s1. The molecule has 2 atom stereocenters. The summed E-state index contributed by atoms with van der Waals surface area (Å²) in [5.41, 5.74) is 6.61. The number of hydrogen-bond acceptors (Lipinski definition) is 4. The summed E-state index contributed by atoms with van der Waals surface area (Å²) >= 11 is 0. The second kappa shape index (κ2) is 5.85. The highest BCUT2D eigenvalue weighted by molar-refractivity contribution is 6.01. The molecule has 1 aliphatic rings. The van der Waals surface area contributed by atoms with Gasteiger partial charge < -0.3 is 15.6 Å². The topological polar surface area (TPSA) is 89.6 Å². The van der Waals surface area contributed by atoms with E-state index < -0.39 is 23.4 Å². The van der Waals surface area contributed by atoms with E-state index in [1.165, 1.54) is 0 Å². The number of carboxylic acids is 1. The first-order chi connectivity index (χ1) is 11.1. The summed E-state index contributed by atoms with van der Waals surface area (Å²) in [5.74, 6) is -2.04. The van der Waals surface area contributed by atoms with E-state index in [2.05, 4.69) is 0 Å². The molecular weight excluding hydrogens is 294 g/mol. The fourth-order valence-electron chi connectivity index (χ4n) is 3.02. The van der Waals surface area contributed by atoms with Gasteiger partial charge in [0.15, 0.2) is 5.41 Å². The Bertz CT molecular complexity index is 744. The number of carboxylic acid groups (broad SMARTS) is 1. The van der Waals surface area contributed by atoms with Gasteiger partial charge in [0.2, 0.25) is 0 Å². The first-order valence-electron chi connectivity index (χ1n) is 7.33. The van der Waals surface area contributed by atoms with Crippen LogP contribution in [0.15, 0.2) is 54.6 Å². The van der Waals surface area contributed by atoms with Gasteiger partial charge in [0.25, 0.3) is 0 Å². The maximum absolute atomic E-state index is 12.6. The van der Waals surface area contributed by atoms with Crippen molar-refractivity contribution in [1.82, 2.24) is 0 Å². The molecule has 23 heavy (non-hydrogen) atoms. The van der Waals surface area contributed by atoms with Crippen LogP contribution in [0.1, 0.15) is 22.7 Å². The summed E-state index contributed by atoms with van der Waals surface area (Å²) in [6, 6.07) is 15.4. The van der Waals surface area contributed by atoms with Gasteiger partial charge in [-0.25, -0.2) is 0 Å². The molecule has 0 aromatic heterocycles. The first-order valence-corrected chi connectivity index (χ1v) is 7.33. The van der Waals surface area contributed by atoms with Crippen LogP contribution < -0.4 is 5.73 Å². The number of benzene rings is 2. The largest absolute Gasteiger partial charge is 0.480 e. The van der Waals surface area contributed by atoms with E-state index in [1.807, 2.05) is 30.3 Å². The van der Waals surface area contributed by atoms with Gasteiger partial charge in [-0.3, -0.25) is 9.59 Å². The van der Waals surface area contributed by atoms with Crippen LogP contribution in [0, 0.1) is 5.41 Å². The number of hydrogen-bond donors (Lipinski definition) is 2. The monoisotopic (exact) mass is 311 g/mol. The summed E-state index contributed by atoms with van der Waals surface area (Å²) in [5, 5.41) is 9.69. The van der Waals surface area contributed by atoms with Gasteiger partial charge in [0.1, 0.15) is 6.61 Å². The van der Waals surface area contributed by atoms with E-state index in [4.69, 9.17) is 10.5 Å². The zero-order valence-corrected chi connectivity index (χ0v) is 12.4. The molecule has 2 aromatic rings. The van der Waals surface area contributed by atoms with E-state index in [-0.39, 0.29) is 13.0 Å². The Kier molecular flexibility index (Phi) is 3.88. The van der Waals surface area contributed by atoms with Crippen molar-refractivity contribution in [3.05, 3.63) is 71.3 Å². The maximum Gasteiger partial charge on any atom is 0.326 e. The minimum Gasteiger partial charge on any atom is -0.480 e. The third kappa shape index (κ3) is 2.49. The van der Waals surface area contributed by atoms with Gasteiger partial charge in [0, 0.05) is 6.42 Å². The lowest BCUT2D eigenvalue weighted by atomic mass is 9.81. The van der Waals surface area contributed by atoms with Crippen molar-refractivity contribution in [2.45, 2.75) is 19.1 Å². The molecule has 0 bridgehead atoms. The van der Waals surface area contributed by atoms with Crippen molar-refractivity contribution in [3.8, 4) is 0 Å². The smallest absolute Gasteiger partial charge is 0.326 e. The second-order valence-corrected chi connectivity index (χ2v) is 5.69. The van der Waals surface area contributed by atoms with Crippen molar-refractivity contribution < 1.29 is 19.4 Å². The molecule has 0 unspecified atom stereocenters. The summed E-state index contributed by atoms with van der Waals surface area (Å²) in [6.07, 6.45) is 0.0489. The zero-order valence-electron chi connectivity index (χ0n) is 12.4. The Hall–Kier alpha value is -2.66. The molecule has 0 radical (unpaired) electrons. The van der Waals surface area contributed by atoms with Gasteiger partial charge in [-0.2, -0.15) is 0 Å². The quantitative estimate of drug-likeness (QED) is 0.666. The van der Waals surface area contributed by atoms with Crippen LogP contribution in [0.5, 0.6) is 0 Å². The van der Waals surface area contributed by atoms with E-state index in [0.29, 0.717) is 5.56 Å². The summed E-state index contributed by atoms with van der Waals surface area (Å²) in [7, 11) is 0. The van der Waals surface area contributed by atoms with Gasteiger partial charge in [-0.15, -0.1) is 0 Å². The Morgan fingerprint density at radius 3 is 2.43 bits per heavy atom. The van der Waals surface area contributed by atoms with E-state index in [0.717, 1.165) is 11.1 Å². The molecule has 2 aromatic carbocycles. The number of aliphatic carboxylic acids is 1. The van der Waals surface area contributed by atoms with Crippen molar-refractivity contribution in [2.75, 3.05) is 0 Å². The molecule has 118 valence electrons. The molecule has 1 aliphatic carbocycles. The molecule has 0 saturated heterocycles. The number of nitrogens with two attached hydrogens (primary N) is 1. The van der Waals surface area contributed by atoms with Crippen LogP contribution in [0.3, 0.4) is 0 Å². The third-order valence-corrected chi connectivity index (χ3v) is 4.35. The van der Waals surface area contributed by atoms with Crippen LogP contribution in [-0.4, -0.2) is 17.0 Å². The molecular formula is C18H17NO4. The van der Waals surface area contributed by atoms with Crippen molar-refractivity contribution in [3.63, 3.8) is 0 Å². The first kappa shape index (κ1) is 15.2. The molecule has 0 saturated carbocycles. The SMILES string of the molecule is N[C@H]1c2ccccc2C[C@]1(C(=O)O)C(=O)OCc1ccccc1. The minimum absolute atomic E-state index is 0.0256. The van der Waals surface area contributed by atoms with Gasteiger partial charge in [0.05, 0.1) is 6.04 Å². The number of esters is 1. The van der Waals surface area contributed by atoms with Gasteiger partial charge in [-0.05, 0) is 16.7 Å². The molecule has 5 nitrogen and oxygen atoms in total. The summed E-state index contributed by atoms with van der Waals surface area (Å²) in [4.78, 5) is 24.5. The third-order valence-electron chi connectivity index (χ3n) is 4.35. The number of carbonyl (C=O) groups is 2. The fourth-order valence-corrected chi connectivity index (χ4v) is 3.02. The summed E-state index contributed by atoms with van der Waals surface area (Å²) in [6.45, 7) is 0.0256. The predicted molar refractivity (Wildman–Crippen MR) is 83.4 cm³/mol. The lowest BCUT2D eigenvalue weighted by Crippen LogP contribution is -2.47. The Morgan fingerprint density at radius 2 is 1.78 bits per heavy atom. The highest BCUT2D eigenvalue weighted by Crippen LogP contribution is 2.45. The molecule has 0 heterocycles.